The second kappa shape index (κ2) is 5.29. The molecule has 0 N–H and O–H groups in total. The van der Waals surface area contributed by atoms with Gasteiger partial charge in [-0.1, -0.05) is 15.9 Å². The monoisotopic (exact) mass is 353 g/mol. The van der Waals surface area contributed by atoms with E-state index in [4.69, 9.17) is 0 Å². The molecule has 0 aliphatic heterocycles. The van der Waals surface area contributed by atoms with Crippen molar-refractivity contribution in [3.8, 4) is 0 Å². The molecule has 110 valence electrons. The minimum absolute atomic E-state index is 0.0145. The molecule has 1 heterocycles. The van der Waals surface area contributed by atoms with Crippen LogP contribution in [0.5, 0.6) is 0 Å². The number of rotatable bonds is 3. The lowest BCUT2D eigenvalue weighted by Crippen LogP contribution is -2.36. The standard InChI is InChI=1S/C9H10BrF6N3/c1-4(2)19-5(3-10)17-18-7(19)6(8(11,12)13)9(14,15)16/h4,6H,3H2,1-2H3. The van der Waals surface area contributed by atoms with Crippen molar-refractivity contribution in [2.45, 2.75) is 43.5 Å². The summed E-state index contributed by atoms with van der Waals surface area (Å²) < 4.78 is 76.7. The van der Waals surface area contributed by atoms with Crippen LogP contribution in [0.2, 0.25) is 0 Å². The van der Waals surface area contributed by atoms with Gasteiger partial charge in [-0.25, -0.2) is 0 Å². The average molecular weight is 354 g/mol. The van der Waals surface area contributed by atoms with Gasteiger partial charge in [-0.05, 0) is 13.8 Å². The fourth-order valence-electron chi connectivity index (χ4n) is 1.67. The van der Waals surface area contributed by atoms with Crippen molar-refractivity contribution in [2.24, 2.45) is 0 Å². The van der Waals surface area contributed by atoms with E-state index in [-0.39, 0.29) is 11.2 Å². The van der Waals surface area contributed by atoms with E-state index < -0.39 is 30.1 Å². The molecule has 0 atom stereocenters. The molecule has 1 aromatic heterocycles. The van der Waals surface area contributed by atoms with Crippen LogP contribution in [0, 0.1) is 0 Å². The molecule has 0 bridgehead atoms. The maximum atomic E-state index is 12.6. The van der Waals surface area contributed by atoms with E-state index in [2.05, 4.69) is 26.1 Å². The highest BCUT2D eigenvalue weighted by Crippen LogP contribution is 2.46. The Bertz CT molecular complexity index is 422. The molecule has 3 nitrogen and oxygen atoms in total. The van der Waals surface area contributed by atoms with Gasteiger partial charge in [-0.15, -0.1) is 10.2 Å². The quantitative estimate of drug-likeness (QED) is 0.608. The van der Waals surface area contributed by atoms with E-state index in [0.29, 0.717) is 0 Å². The number of hydrogen-bond donors (Lipinski definition) is 0. The summed E-state index contributed by atoms with van der Waals surface area (Å²) in [5, 5.41) is 6.47. The fraction of sp³-hybridized carbons (Fsp3) is 0.778. The van der Waals surface area contributed by atoms with Crippen LogP contribution in [-0.2, 0) is 5.33 Å². The molecule has 19 heavy (non-hydrogen) atoms. The summed E-state index contributed by atoms with van der Waals surface area (Å²) in [6, 6.07) is -0.621. The van der Waals surface area contributed by atoms with E-state index in [1.807, 2.05) is 0 Å². The lowest BCUT2D eigenvalue weighted by atomic mass is 10.1. The normalized spacial score (nSPS) is 13.6. The van der Waals surface area contributed by atoms with Crippen molar-refractivity contribution in [1.29, 1.82) is 0 Å². The summed E-state index contributed by atoms with van der Waals surface area (Å²) in [4.78, 5) is 0. The Hall–Kier alpha value is -0.800. The Balaban J connectivity index is 3.44. The van der Waals surface area contributed by atoms with E-state index in [1.54, 1.807) is 0 Å². The van der Waals surface area contributed by atoms with Crippen molar-refractivity contribution >= 4 is 15.9 Å². The molecule has 0 aliphatic rings. The van der Waals surface area contributed by atoms with Crippen molar-refractivity contribution in [2.75, 3.05) is 0 Å². The van der Waals surface area contributed by atoms with Crippen LogP contribution < -0.4 is 0 Å². The molecular formula is C9H10BrF6N3. The molecule has 0 spiro atoms. The predicted molar refractivity (Wildman–Crippen MR) is 57.9 cm³/mol. The molecule has 0 amide bonds. The molecule has 0 aromatic carbocycles. The van der Waals surface area contributed by atoms with Gasteiger partial charge in [-0.2, -0.15) is 26.3 Å². The highest BCUT2D eigenvalue weighted by atomic mass is 79.9. The van der Waals surface area contributed by atoms with Gasteiger partial charge >= 0.3 is 12.4 Å². The predicted octanol–water partition coefficient (Wildman–Crippen LogP) is 3.96. The van der Waals surface area contributed by atoms with Gasteiger partial charge in [-0.3, -0.25) is 0 Å². The van der Waals surface area contributed by atoms with Crippen molar-refractivity contribution < 1.29 is 26.3 Å². The highest BCUT2D eigenvalue weighted by molar-refractivity contribution is 9.08. The molecular weight excluding hydrogens is 344 g/mol. The summed E-state index contributed by atoms with van der Waals surface area (Å²) in [5.41, 5.74) is 0. The first-order chi connectivity index (χ1) is 8.50. The number of halogens is 7. The van der Waals surface area contributed by atoms with Crippen molar-refractivity contribution in [1.82, 2.24) is 14.8 Å². The summed E-state index contributed by atoms with van der Waals surface area (Å²) in [6.45, 7) is 2.92. The summed E-state index contributed by atoms with van der Waals surface area (Å²) in [6.07, 6.45) is -10.9. The molecule has 0 aliphatic carbocycles. The van der Waals surface area contributed by atoms with Gasteiger partial charge < -0.3 is 4.57 Å². The van der Waals surface area contributed by atoms with E-state index in [1.165, 1.54) is 13.8 Å². The maximum absolute atomic E-state index is 12.6. The SMILES string of the molecule is CC(C)n1c(CBr)nnc1C(C(F)(F)F)C(F)(F)F. The molecule has 1 rings (SSSR count). The zero-order chi connectivity index (χ0) is 15.0. The molecule has 0 fully saturated rings. The third-order valence-corrected chi connectivity index (χ3v) is 2.84. The minimum atomic E-state index is -5.47. The first kappa shape index (κ1) is 16.3. The Labute approximate surface area is 113 Å². The van der Waals surface area contributed by atoms with Crippen LogP contribution in [0.1, 0.15) is 37.5 Å². The second-order valence-electron chi connectivity index (χ2n) is 4.09. The van der Waals surface area contributed by atoms with Crippen LogP contribution >= 0.6 is 15.9 Å². The minimum Gasteiger partial charge on any atom is -0.311 e. The third kappa shape index (κ3) is 3.40. The second-order valence-corrected chi connectivity index (χ2v) is 4.65. The average Bonchev–Trinajstić information content (AvgIpc) is 2.56. The van der Waals surface area contributed by atoms with Crippen molar-refractivity contribution in [3.05, 3.63) is 11.6 Å². The van der Waals surface area contributed by atoms with E-state index in [9.17, 15) is 26.3 Å². The number of hydrogen-bond acceptors (Lipinski definition) is 2. The van der Waals surface area contributed by atoms with Crippen molar-refractivity contribution in [3.63, 3.8) is 0 Å². The van der Waals surface area contributed by atoms with E-state index >= 15 is 0 Å². The smallest absolute Gasteiger partial charge is 0.311 e. The van der Waals surface area contributed by atoms with Crippen LogP contribution in [0.15, 0.2) is 0 Å². The lowest BCUT2D eigenvalue weighted by molar-refractivity contribution is -0.256. The fourth-order valence-corrected chi connectivity index (χ4v) is 2.05. The Morgan fingerprint density at radius 1 is 1.05 bits per heavy atom. The largest absolute Gasteiger partial charge is 0.407 e. The summed E-state index contributed by atoms with van der Waals surface area (Å²) in [7, 11) is 0. The topological polar surface area (TPSA) is 30.7 Å². The first-order valence-corrected chi connectivity index (χ1v) is 6.25. The van der Waals surface area contributed by atoms with Gasteiger partial charge in [0.25, 0.3) is 0 Å². The zero-order valence-electron chi connectivity index (χ0n) is 9.85. The Morgan fingerprint density at radius 3 is 1.84 bits per heavy atom. The zero-order valence-corrected chi connectivity index (χ0v) is 11.4. The third-order valence-electron chi connectivity index (χ3n) is 2.34. The molecule has 10 heteroatoms. The van der Waals surface area contributed by atoms with Crippen LogP contribution in [0.25, 0.3) is 0 Å². The molecule has 0 saturated carbocycles. The van der Waals surface area contributed by atoms with Crippen LogP contribution in [-0.4, -0.2) is 27.1 Å². The maximum Gasteiger partial charge on any atom is 0.407 e. The van der Waals surface area contributed by atoms with Crippen LogP contribution in [0.4, 0.5) is 26.3 Å². The highest BCUT2D eigenvalue weighted by Gasteiger charge is 2.60. The molecule has 0 saturated heterocycles. The lowest BCUT2D eigenvalue weighted by Gasteiger charge is -2.24. The van der Waals surface area contributed by atoms with Gasteiger partial charge in [0.1, 0.15) is 5.82 Å². The summed E-state index contributed by atoms with van der Waals surface area (Å²) >= 11 is 2.95. The number of nitrogens with zero attached hydrogens (tertiary/aromatic N) is 3. The van der Waals surface area contributed by atoms with Gasteiger partial charge in [0.2, 0.25) is 5.92 Å². The van der Waals surface area contributed by atoms with Gasteiger partial charge in [0.05, 0.1) is 5.33 Å². The van der Waals surface area contributed by atoms with Gasteiger partial charge in [0, 0.05) is 6.04 Å². The van der Waals surface area contributed by atoms with Gasteiger partial charge in [0.15, 0.2) is 5.82 Å². The summed E-state index contributed by atoms with van der Waals surface area (Å²) in [5.74, 6) is -4.75. The first-order valence-electron chi connectivity index (χ1n) is 5.13. The van der Waals surface area contributed by atoms with Crippen LogP contribution in [0.3, 0.4) is 0 Å². The number of alkyl halides is 7. The molecule has 0 unspecified atom stereocenters. The van der Waals surface area contributed by atoms with E-state index in [0.717, 1.165) is 4.57 Å². The molecule has 0 radical (unpaired) electrons. The Kier molecular flexibility index (Phi) is 4.53. The Morgan fingerprint density at radius 2 is 1.53 bits per heavy atom. The number of aromatic nitrogens is 3. The molecule has 1 aromatic rings.